The summed E-state index contributed by atoms with van der Waals surface area (Å²) in [6, 6.07) is 8.60. The van der Waals surface area contributed by atoms with E-state index in [2.05, 4.69) is 21.2 Å². The van der Waals surface area contributed by atoms with Crippen LogP contribution in [0.5, 0.6) is 0 Å². The van der Waals surface area contributed by atoms with Crippen molar-refractivity contribution in [3.63, 3.8) is 0 Å². The van der Waals surface area contributed by atoms with Gasteiger partial charge in [-0.3, -0.25) is 0 Å². The molecule has 106 valence electrons. The van der Waals surface area contributed by atoms with Crippen LogP contribution in [0, 0.1) is 0 Å². The van der Waals surface area contributed by atoms with Crippen molar-refractivity contribution in [1.82, 2.24) is 0 Å². The zero-order valence-electron chi connectivity index (χ0n) is 10.7. The zero-order chi connectivity index (χ0) is 14.5. The number of halogens is 2. The Kier molecular flexibility index (Phi) is 5.46. The zero-order valence-corrected chi connectivity index (χ0v) is 13.9. The minimum atomic E-state index is -0.553. The fraction of sp³-hybridized carbons (Fsp3) is 0.214. The van der Waals surface area contributed by atoms with E-state index in [4.69, 9.17) is 16.3 Å². The molecule has 0 spiro atoms. The molecule has 0 saturated carbocycles. The number of ether oxygens (including phenoxy) is 1. The first kappa shape index (κ1) is 15.4. The number of hydrogen-bond acceptors (Lipinski definition) is 4. The Morgan fingerprint density at radius 3 is 2.90 bits per heavy atom. The minimum Gasteiger partial charge on any atom is -0.464 e. The highest BCUT2D eigenvalue weighted by molar-refractivity contribution is 9.10. The molecule has 0 fully saturated rings. The molecule has 0 saturated heterocycles. The predicted octanol–water partition coefficient (Wildman–Crippen LogP) is 4.88. The summed E-state index contributed by atoms with van der Waals surface area (Å²) < 4.78 is 6.02. The lowest BCUT2D eigenvalue weighted by molar-refractivity contribution is -0.144. The quantitative estimate of drug-likeness (QED) is 0.758. The molecule has 2 rings (SSSR count). The summed E-state index contributed by atoms with van der Waals surface area (Å²) in [5, 5.41) is 5.70. The molecule has 0 aliphatic rings. The number of anilines is 1. The van der Waals surface area contributed by atoms with Crippen molar-refractivity contribution in [3.8, 4) is 0 Å². The monoisotopic (exact) mass is 373 g/mol. The van der Waals surface area contributed by atoms with Crippen molar-refractivity contribution in [1.29, 1.82) is 0 Å². The normalized spacial score (nSPS) is 11.9. The summed E-state index contributed by atoms with van der Waals surface area (Å²) in [4.78, 5) is 13.0. The highest BCUT2D eigenvalue weighted by atomic mass is 79.9. The molecule has 0 aliphatic carbocycles. The van der Waals surface area contributed by atoms with Crippen LogP contribution in [0.25, 0.3) is 0 Å². The van der Waals surface area contributed by atoms with Gasteiger partial charge in [0.1, 0.15) is 0 Å². The lowest BCUT2D eigenvalue weighted by atomic mass is 10.2. The average molecular weight is 375 g/mol. The van der Waals surface area contributed by atoms with E-state index < -0.39 is 6.04 Å². The maximum atomic E-state index is 12.2. The Morgan fingerprint density at radius 2 is 2.30 bits per heavy atom. The van der Waals surface area contributed by atoms with E-state index in [0.29, 0.717) is 11.6 Å². The van der Waals surface area contributed by atoms with Crippen LogP contribution in [-0.4, -0.2) is 12.6 Å². The first-order valence-corrected chi connectivity index (χ1v) is 8.08. The maximum Gasteiger partial charge on any atom is 0.334 e. The second kappa shape index (κ2) is 7.11. The van der Waals surface area contributed by atoms with Gasteiger partial charge in [0, 0.05) is 15.2 Å². The molecule has 1 heterocycles. The summed E-state index contributed by atoms with van der Waals surface area (Å²) in [6.07, 6.45) is 0. The van der Waals surface area contributed by atoms with Crippen LogP contribution in [-0.2, 0) is 9.53 Å². The molecule has 0 radical (unpaired) electrons. The SMILES string of the molecule is CCOC(=O)C(Nc1cccc(Cl)c1)c1sccc1Br. The van der Waals surface area contributed by atoms with Gasteiger partial charge in [-0.25, -0.2) is 4.79 Å². The van der Waals surface area contributed by atoms with Gasteiger partial charge in [0.2, 0.25) is 0 Å². The van der Waals surface area contributed by atoms with E-state index in [0.717, 1.165) is 15.0 Å². The van der Waals surface area contributed by atoms with E-state index in [1.807, 2.05) is 23.6 Å². The molecule has 3 nitrogen and oxygen atoms in total. The smallest absolute Gasteiger partial charge is 0.334 e. The van der Waals surface area contributed by atoms with Crippen LogP contribution >= 0.6 is 38.9 Å². The molecule has 1 N–H and O–H groups in total. The van der Waals surface area contributed by atoms with Gasteiger partial charge < -0.3 is 10.1 Å². The Bertz CT molecular complexity index is 602. The number of rotatable bonds is 5. The molecule has 1 aromatic heterocycles. The highest BCUT2D eigenvalue weighted by Gasteiger charge is 2.25. The van der Waals surface area contributed by atoms with Crippen molar-refractivity contribution < 1.29 is 9.53 Å². The second-order valence-corrected chi connectivity index (χ2v) is 6.21. The number of nitrogens with one attached hydrogen (secondary N) is 1. The molecule has 2 aromatic rings. The van der Waals surface area contributed by atoms with Crippen LogP contribution in [0.2, 0.25) is 5.02 Å². The third kappa shape index (κ3) is 3.75. The molecule has 1 aromatic carbocycles. The number of thiophene rings is 1. The Morgan fingerprint density at radius 1 is 1.50 bits per heavy atom. The maximum absolute atomic E-state index is 12.2. The van der Waals surface area contributed by atoms with Crippen LogP contribution in [0.1, 0.15) is 17.8 Å². The van der Waals surface area contributed by atoms with Gasteiger partial charge in [0.25, 0.3) is 0 Å². The molecule has 1 atom stereocenters. The van der Waals surface area contributed by atoms with Crippen molar-refractivity contribution in [2.45, 2.75) is 13.0 Å². The molecular formula is C14H13BrClNO2S. The van der Waals surface area contributed by atoms with Gasteiger partial charge in [-0.05, 0) is 52.5 Å². The van der Waals surface area contributed by atoms with Gasteiger partial charge >= 0.3 is 5.97 Å². The largest absolute Gasteiger partial charge is 0.464 e. The molecule has 6 heteroatoms. The van der Waals surface area contributed by atoms with Crippen LogP contribution in [0.4, 0.5) is 5.69 Å². The van der Waals surface area contributed by atoms with Crippen molar-refractivity contribution >= 4 is 50.5 Å². The fourth-order valence-corrected chi connectivity index (χ4v) is 3.54. The minimum absolute atomic E-state index is 0.310. The van der Waals surface area contributed by atoms with E-state index in [1.54, 1.807) is 19.1 Å². The first-order chi connectivity index (χ1) is 9.61. The molecular weight excluding hydrogens is 362 g/mol. The lowest BCUT2D eigenvalue weighted by Gasteiger charge is -2.18. The summed E-state index contributed by atoms with van der Waals surface area (Å²) in [7, 11) is 0. The van der Waals surface area contributed by atoms with Crippen molar-refractivity contribution in [3.05, 3.63) is 50.1 Å². The van der Waals surface area contributed by atoms with E-state index >= 15 is 0 Å². The number of carbonyl (C=O) groups excluding carboxylic acids is 1. The van der Waals surface area contributed by atoms with Crippen LogP contribution in [0.15, 0.2) is 40.2 Å². The molecule has 20 heavy (non-hydrogen) atoms. The van der Waals surface area contributed by atoms with Gasteiger partial charge in [-0.1, -0.05) is 17.7 Å². The lowest BCUT2D eigenvalue weighted by Crippen LogP contribution is -2.22. The van der Waals surface area contributed by atoms with E-state index in [9.17, 15) is 4.79 Å². The Hall–Kier alpha value is -1.04. The summed E-state index contributed by atoms with van der Waals surface area (Å²) in [5.41, 5.74) is 0.774. The first-order valence-electron chi connectivity index (χ1n) is 6.03. The molecule has 0 aliphatic heterocycles. The Labute approximate surface area is 135 Å². The number of esters is 1. The number of hydrogen-bond donors (Lipinski definition) is 1. The third-order valence-electron chi connectivity index (χ3n) is 2.56. The average Bonchev–Trinajstić information content (AvgIpc) is 2.82. The molecule has 0 amide bonds. The van der Waals surface area contributed by atoms with Gasteiger partial charge in [0.05, 0.1) is 11.5 Å². The Balaban J connectivity index is 2.28. The van der Waals surface area contributed by atoms with Gasteiger partial charge in [-0.2, -0.15) is 0 Å². The molecule has 1 unspecified atom stereocenters. The topological polar surface area (TPSA) is 38.3 Å². The fourth-order valence-electron chi connectivity index (χ4n) is 1.71. The third-order valence-corrected chi connectivity index (χ3v) is 4.74. The number of carbonyl (C=O) groups is 1. The standard InChI is InChI=1S/C14H13BrClNO2S/c1-2-19-14(18)12(13-11(15)6-7-20-13)17-10-5-3-4-9(16)8-10/h3-8,12,17H,2H2,1H3. The highest BCUT2D eigenvalue weighted by Crippen LogP contribution is 2.32. The van der Waals surface area contributed by atoms with Gasteiger partial charge in [0.15, 0.2) is 6.04 Å². The number of benzene rings is 1. The summed E-state index contributed by atoms with van der Waals surface area (Å²) >= 11 is 10.9. The van der Waals surface area contributed by atoms with E-state index in [1.165, 1.54) is 11.3 Å². The summed E-state index contributed by atoms with van der Waals surface area (Å²) in [5.74, 6) is -0.310. The second-order valence-electron chi connectivity index (χ2n) is 3.97. The van der Waals surface area contributed by atoms with Crippen molar-refractivity contribution in [2.24, 2.45) is 0 Å². The summed E-state index contributed by atoms with van der Waals surface area (Å²) in [6.45, 7) is 2.13. The van der Waals surface area contributed by atoms with Crippen LogP contribution in [0.3, 0.4) is 0 Å². The van der Waals surface area contributed by atoms with Crippen LogP contribution < -0.4 is 5.32 Å². The van der Waals surface area contributed by atoms with Gasteiger partial charge in [-0.15, -0.1) is 11.3 Å². The van der Waals surface area contributed by atoms with Crippen molar-refractivity contribution in [2.75, 3.05) is 11.9 Å². The molecule has 0 bridgehead atoms. The predicted molar refractivity (Wildman–Crippen MR) is 86.5 cm³/mol. The van der Waals surface area contributed by atoms with E-state index in [-0.39, 0.29) is 5.97 Å².